The molecule has 0 aliphatic carbocycles. The molecule has 0 saturated carbocycles. The Morgan fingerprint density at radius 1 is 0.909 bits per heavy atom. The van der Waals surface area contributed by atoms with Crippen molar-refractivity contribution in [1.29, 1.82) is 0 Å². The SMILES string of the molecule is CSCCC(NC(=O)C(C)N)C(=O)NC(Cc1ccccc1)C(=O)NC(CC(=O)O)C(=O)O. The highest BCUT2D eigenvalue weighted by Crippen LogP contribution is 2.07. The molecular weight excluding hydrogens is 452 g/mol. The van der Waals surface area contributed by atoms with Crippen molar-refractivity contribution in [2.24, 2.45) is 5.73 Å². The Labute approximate surface area is 195 Å². The minimum absolute atomic E-state index is 0.0221. The van der Waals surface area contributed by atoms with E-state index in [0.717, 1.165) is 0 Å². The predicted molar refractivity (Wildman–Crippen MR) is 122 cm³/mol. The fraction of sp³-hybridized carbons (Fsp3) is 0.476. The second-order valence-corrected chi connectivity index (χ2v) is 8.37. The van der Waals surface area contributed by atoms with Gasteiger partial charge >= 0.3 is 11.9 Å². The monoisotopic (exact) mass is 482 g/mol. The van der Waals surface area contributed by atoms with E-state index in [2.05, 4.69) is 16.0 Å². The molecule has 4 unspecified atom stereocenters. The number of amides is 3. The molecule has 33 heavy (non-hydrogen) atoms. The molecule has 0 saturated heterocycles. The van der Waals surface area contributed by atoms with Gasteiger partial charge in [0.1, 0.15) is 18.1 Å². The second kappa shape index (κ2) is 14.1. The third-order valence-corrected chi connectivity index (χ3v) is 5.21. The summed E-state index contributed by atoms with van der Waals surface area (Å²) in [7, 11) is 0. The second-order valence-electron chi connectivity index (χ2n) is 7.38. The molecule has 7 N–H and O–H groups in total. The van der Waals surface area contributed by atoms with Crippen LogP contribution in [0.15, 0.2) is 30.3 Å². The van der Waals surface area contributed by atoms with Gasteiger partial charge in [-0.1, -0.05) is 30.3 Å². The van der Waals surface area contributed by atoms with Gasteiger partial charge in [-0.15, -0.1) is 0 Å². The number of thioether (sulfide) groups is 1. The van der Waals surface area contributed by atoms with Gasteiger partial charge in [-0.05, 0) is 30.9 Å². The summed E-state index contributed by atoms with van der Waals surface area (Å²) in [6.45, 7) is 1.47. The Morgan fingerprint density at radius 3 is 1.97 bits per heavy atom. The molecule has 182 valence electrons. The first-order valence-electron chi connectivity index (χ1n) is 10.2. The van der Waals surface area contributed by atoms with Gasteiger partial charge in [0.25, 0.3) is 0 Å². The maximum Gasteiger partial charge on any atom is 0.326 e. The van der Waals surface area contributed by atoms with E-state index in [1.807, 2.05) is 6.26 Å². The van der Waals surface area contributed by atoms with Crippen LogP contribution in [0.25, 0.3) is 0 Å². The summed E-state index contributed by atoms with van der Waals surface area (Å²) in [5, 5.41) is 25.4. The average molecular weight is 483 g/mol. The lowest BCUT2D eigenvalue weighted by atomic mass is 10.0. The number of carbonyl (C=O) groups is 5. The predicted octanol–water partition coefficient (Wildman–Crippen LogP) is -0.657. The summed E-state index contributed by atoms with van der Waals surface area (Å²) in [5.41, 5.74) is 6.25. The summed E-state index contributed by atoms with van der Waals surface area (Å²) < 4.78 is 0. The molecule has 0 aliphatic heterocycles. The number of carbonyl (C=O) groups excluding carboxylic acids is 3. The van der Waals surface area contributed by atoms with Crippen LogP contribution in [0.2, 0.25) is 0 Å². The lowest BCUT2D eigenvalue weighted by Gasteiger charge is -2.25. The Morgan fingerprint density at radius 2 is 1.45 bits per heavy atom. The van der Waals surface area contributed by atoms with Crippen molar-refractivity contribution in [3.8, 4) is 0 Å². The molecule has 0 radical (unpaired) electrons. The molecule has 0 fully saturated rings. The zero-order valence-corrected chi connectivity index (χ0v) is 19.3. The first-order valence-corrected chi connectivity index (χ1v) is 11.6. The van der Waals surface area contributed by atoms with Crippen LogP contribution >= 0.6 is 11.8 Å². The Bertz CT molecular complexity index is 835. The van der Waals surface area contributed by atoms with Gasteiger partial charge in [0, 0.05) is 6.42 Å². The standard InChI is InChI=1S/C21H30N4O7S/c1-12(22)18(28)23-14(8-9-33-2)19(29)24-15(10-13-6-4-3-5-7-13)20(30)25-16(21(31)32)11-17(26)27/h3-7,12,14-16H,8-11,22H2,1-2H3,(H,23,28)(H,24,29)(H,25,30)(H,26,27)(H,31,32). The molecule has 1 rings (SSSR count). The van der Waals surface area contributed by atoms with E-state index in [1.54, 1.807) is 30.3 Å². The molecule has 3 amide bonds. The van der Waals surface area contributed by atoms with Crippen LogP contribution in [0, 0.1) is 0 Å². The summed E-state index contributed by atoms with van der Waals surface area (Å²) in [5.74, 6) is -4.40. The lowest BCUT2D eigenvalue weighted by molar-refractivity contribution is -0.147. The quantitative estimate of drug-likeness (QED) is 0.200. The maximum atomic E-state index is 12.9. The zero-order valence-electron chi connectivity index (χ0n) is 18.4. The fourth-order valence-electron chi connectivity index (χ4n) is 2.79. The Hall–Kier alpha value is -3.12. The third-order valence-electron chi connectivity index (χ3n) is 4.57. The van der Waals surface area contributed by atoms with Crippen molar-refractivity contribution >= 4 is 41.4 Å². The molecule has 0 aromatic heterocycles. The molecule has 12 heteroatoms. The van der Waals surface area contributed by atoms with Gasteiger partial charge < -0.3 is 31.9 Å². The van der Waals surface area contributed by atoms with Crippen molar-refractivity contribution in [2.45, 2.75) is 50.4 Å². The third kappa shape index (κ3) is 10.4. The van der Waals surface area contributed by atoms with E-state index >= 15 is 0 Å². The van der Waals surface area contributed by atoms with Crippen LogP contribution in [-0.4, -0.2) is 76.0 Å². The van der Waals surface area contributed by atoms with Crippen molar-refractivity contribution in [1.82, 2.24) is 16.0 Å². The Kier molecular flexibility index (Phi) is 11.9. The van der Waals surface area contributed by atoms with Crippen molar-refractivity contribution in [3.63, 3.8) is 0 Å². The average Bonchev–Trinajstić information content (AvgIpc) is 2.75. The maximum absolute atomic E-state index is 12.9. The number of hydrogen-bond donors (Lipinski definition) is 6. The van der Waals surface area contributed by atoms with Gasteiger partial charge in [0.15, 0.2) is 0 Å². The molecule has 11 nitrogen and oxygen atoms in total. The van der Waals surface area contributed by atoms with E-state index in [0.29, 0.717) is 11.3 Å². The smallest absolute Gasteiger partial charge is 0.326 e. The highest BCUT2D eigenvalue weighted by molar-refractivity contribution is 7.98. The fourth-order valence-corrected chi connectivity index (χ4v) is 3.26. The van der Waals surface area contributed by atoms with Crippen LogP contribution in [-0.2, 0) is 30.4 Å². The largest absolute Gasteiger partial charge is 0.481 e. The van der Waals surface area contributed by atoms with E-state index in [1.165, 1.54) is 18.7 Å². The van der Waals surface area contributed by atoms with Crippen LogP contribution in [0.5, 0.6) is 0 Å². The van der Waals surface area contributed by atoms with Crippen LogP contribution in [0.4, 0.5) is 0 Å². The van der Waals surface area contributed by atoms with Crippen LogP contribution < -0.4 is 21.7 Å². The highest BCUT2D eigenvalue weighted by Gasteiger charge is 2.30. The number of aliphatic carboxylic acids is 2. The van der Waals surface area contributed by atoms with E-state index in [-0.39, 0.29) is 12.8 Å². The number of nitrogens with two attached hydrogens (primary N) is 1. The molecule has 1 aromatic carbocycles. The minimum Gasteiger partial charge on any atom is -0.481 e. The Balaban J connectivity index is 3.09. The van der Waals surface area contributed by atoms with Crippen LogP contribution in [0.3, 0.4) is 0 Å². The highest BCUT2D eigenvalue weighted by atomic mass is 32.2. The molecule has 1 aromatic rings. The van der Waals surface area contributed by atoms with E-state index in [9.17, 15) is 29.1 Å². The number of rotatable bonds is 14. The topological polar surface area (TPSA) is 188 Å². The molecular formula is C21H30N4O7S. The number of nitrogens with one attached hydrogen (secondary N) is 3. The zero-order chi connectivity index (χ0) is 25.0. The molecule has 0 bridgehead atoms. The lowest BCUT2D eigenvalue weighted by Crippen LogP contribution is -2.57. The van der Waals surface area contributed by atoms with Gasteiger partial charge in [-0.3, -0.25) is 19.2 Å². The van der Waals surface area contributed by atoms with Gasteiger partial charge in [-0.25, -0.2) is 4.79 Å². The van der Waals surface area contributed by atoms with E-state index < -0.39 is 60.2 Å². The molecule has 0 aliphatic rings. The molecule has 4 atom stereocenters. The summed E-state index contributed by atoms with van der Waals surface area (Å²) in [4.78, 5) is 60.1. The van der Waals surface area contributed by atoms with Crippen LogP contribution in [0.1, 0.15) is 25.3 Å². The number of carboxylic acids is 2. The first-order chi connectivity index (χ1) is 15.5. The molecule has 0 heterocycles. The number of carboxylic acid groups (broad SMARTS) is 2. The van der Waals surface area contributed by atoms with Gasteiger partial charge in [0.05, 0.1) is 12.5 Å². The summed E-state index contributed by atoms with van der Waals surface area (Å²) >= 11 is 1.47. The summed E-state index contributed by atoms with van der Waals surface area (Å²) in [6.07, 6.45) is 1.31. The van der Waals surface area contributed by atoms with Gasteiger partial charge in [0.2, 0.25) is 17.7 Å². The van der Waals surface area contributed by atoms with Crippen molar-refractivity contribution in [2.75, 3.05) is 12.0 Å². The normalized spacial score (nSPS) is 14.3. The minimum atomic E-state index is -1.67. The number of hydrogen-bond acceptors (Lipinski definition) is 7. The van der Waals surface area contributed by atoms with Crippen molar-refractivity contribution < 1.29 is 34.2 Å². The summed E-state index contributed by atoms with van der Waals surface area (Å²) in [6, 6.07) is 4.01. The van der Waals surface area contributed by atoms with Crippen molar-refractivity contribution in [3.05, 3.63) is 35.9 Å². The first kappa shape index (κ1) is 27.9. The molecule has 0 spiro atoms. The van der Waals surface area contributed by atoms with Gasteiger partial charge in [-0.2, -0.15) is 11.8 Å². The number of benzene rings is 1. The van der Waals surface area contributed by atoms with E-state index in [4.69, 9.17) is 10.8 Å².